The predicted octanol–water partition coefficient (Wildman–Crippen LogP) is 1.69. The SMILES string of the molecule is Cc1cnccc1NCCNC(=O)C[C@@H]1C(=O)NCCN1CC1CCCCC1. The summed E-state index contributed by atoms with van der Waals surface area (Å²) in [5, 5.41) is 9.16. The first-order chi connectivity index (χ1) is 13.6. The number of aryl methyl sites for hydroxylation is 1. The molecule has 154 valence electrons. The van der Waals surface area contributed by atoms with Crippen LogP contribution in [-0.4, -0.2) is 60.5 Å². The Balaban J connectivity index is 1.43. The van der Waals surface area contributed by atoms with E-state index in [0.717, 1.165) is 24.3 Å². The van der Waals surface area contributed by atoms with Crippen molar-refractivity contribution in [2.45, 2.75) is 51.5 Å². The van der Waals surface area contributed by atoms with Crippen LogP contribution in [0, 0.1) is 12.8 Å². The lowest BCUT2D eigenvalue weighted by Gasteiger charge is -2.37. The third-order valence-corrected chi connectivity index (χ3v) is 5.82. The molecule has 7 nitrogen and oxygen atoms in total. The zero-order valence-electron chi connectivity index (χ0n) is 16.9. The van der Waals surface area contributed by atoms with Gasteiger partial charge in [0.2, 0.25) is 11.8 Å². The highest BCUT2D eigenvalue weighted by Gasteiger charge is 2.33. The van der Waals surface area contributed by atoms with Crippen molar-refractivity contribution in [3.8, 4) is 0 Å². The minimum Gasteiger partial charge on any atom is -0.383 e. The molecule has 1 atom stereocenters. The molecule has 2 aliphatic rings. The Hall–Kier alpha value is -2.15. The smallest absolute Gasteiger partial charge is 0.237 e. The Kier molecular flexibility index (Phi) is 7.65. The van der Waals surface area contributed by atoms with Crippen LogP contribution in [0.1, 0.15) is 44.1 Å². The van der Waals surface area contributed by atoms with Gasteiger partial charge in [-0.3, -0.25) is 19.5 Å². The van der Waals surface area contributed by atoms with E-state index in [9.17, 15) is 9.59 Å². The van der Waals surface area contributed by atoms with Gasteiger partial charge in [0.25, 0.3) is 0 Å². The minimum atomic E-state index is -0.342. The van der Waals surface area contributed by atoms with E-state index in [1.807, 2.05) is 19.2 Å². The van der Waals surface area contributed by atoms with E-state index in [1.54, 1.807) is 6.20 Å². The van der Waals surface area contributed by atoms with Gasteiger partial charge < -0.3 is 16.0 Å². The van der Waals surface area contributed by atoms with Crippen LogP contribution < -0.4 is 16.0 Å². The molecule has 0 unspecified atom stereocenters. The molecule has 0 radical (unpaired) electrons. The summed E-state index contributed by atoms with van der Waals surface area (Å²) in [4.78, 5) is 31.1. The molecule has 0 aromatic carbocycles. The molecule has 28 heavy (non-hydrogen) atoms. The maximum Gasteiger partial charge on any atom is 0.237 e. The molecule has 1 aliphatic heterocycles. The van der Waals surface area contributed by atoms with Crippen LogP contribution in [0.25, 0.3) is 0 Å². The number of nitrogens with zero attached hydrogens (tertiary/aromatic N) is 2. The molecule has 1 aromatic rings. The molecular formula is C21H33N5O2. The molecule has 3 rings (SSSR count). The average Bonchev–Trinajstić information content (AvgIpc) is 2.70. The predicted molar refractivity (Wildman–Crippen MR) is 110 cm³/mol. The van der Waals surface area contributed by atoms with Crippen molar-refractivity contribution >= 4 is 17.5 Å². The molecule has 1 aromatic heterocycles. The van der Waals surface area contributed by atoms with Crippen LogP contribution in [-0.2, 0) is 9.59 Å². The number of amides is 2. The molecule has 1 saturated heterocycles. The number of nitrogens with one attached hydrogen (secondary N) is 3. The van der Waals surface area contributed by atoms with Crippen LogP contribution in [0.4, 0.5) is 5.69 Å². The molecule has 3 N–H and O–H groups in total. The monoisotopic (exact) mass is 387 g/mol. The van der Waals surface area contributed by atoms with Crippen molar-refractivity contribution in [1.29, 1.82) is 0 Å². The number of carbonyl (C=O) groups is 2. The van der Waals surface area contributed by atoms with Gasteiger partial charge in [0.1, 0.15) is 0 Å². The fourth-order valence-corrected chi connectivity index (χ4v) is 4.22. The Labute approximate surface area is 167 Å². The van der Waals surface area contributed by atoms with Gasteiger partial charge in [0.15, 0.2) is 0 Å². The number of rotatable bonds is 8. The summed E-state index contributed by atoms with van der Waals surface area (Å²) in [7, 11) is 0. The normalized spacial score (nSPS) is 21.2. The molecule has 1 saturated carbocycles. The van der Waals surface area contributed by atoms with Gasteiger partial charge in [0, 0.05) is 50.8 Å². The molecule has 2 fully saturated rings. The van der Waals surface area contributed by atoms with E-state index in [2.05, 4.69) is 25.8 Å². The number of aromatic nitrogens is 1. The second kappa shape index (κ2) is 10.4. The third-order valence-electron chi connectivity index (χ3n) is 5.82. The molecular weight excluding hydrogens is 354 g/mol. The van der Waals surface area contributed by atoms with Crippen molar-refractivity contribution in [3.05, 3.63) is 24.0 Å². The van der Waals surface area contributed by atoms with Gasteiger partial charge in [-0.1, -0.05) is 19.3 Å². The number of anilines is 1. The third kappa shape index (κ3) is 5.92. The minimum absolute atomic E-state index is 0.0113. The maximum atomic E-state index is 12.4. The quantitative estimate of drug-likeness (QED) is 0.591. The van der Waals surface area contributed by atoms with Crippen molar-refractivity contribution in [2.75, 3.05) is 38.0 Å². The van der Waals surface area contributed by atoms with Gasteiger partial charge in [-0.15, -0.1) is 0 Å². The number of carbonyl (C=O) groups excluding carboxylic acids is 2. The largest absolute Gasteiger partial charge is 0.383 e. The molecule has 0 spiro atoms. The van der Waals surface area contributed by atoms with Crippen molar-refractivity contribution in [1.82, 2.24) is 20.5 Å². The van der Waals surface area contributed by atoms with Crippen LogP contribution in [0.5, 0.6) is 0 Å². The van der Waals surface area contributed by atoms with Crippen molar-refractivity contribution < 1.29 is 9.59 Å². The number of hydrogen-bond donors (Lipinski definition) is 3. The van der Waals surface area contributed by atoms with E-state index >= 15 is 0 Å². The summed E-state index contributed by atoms with van der Waals surface area (Å²) in [6.45, 7) is 5.61. The molecule has 1 aliphatic carbocycles. The topological polar surface area (TPSA) is 86.4 Å². The van der Waals surface area contributed by atoms with E-state index in [1.165, 1.54) is 32.1 Å². The highest BCUT2D eigenvalue weighted by atomic mass is 16.2. The second-order valence-electron chi connectivity index (χ2n) is 7.98. The summed E-state index contributed by atoms with van der Waals surface area (Å²) in [5.41, 5.74) is 2.10. The highest BCUT2D eigenvalue weighted by Crippen LogP contribution is 2.25. The highest BCUT2D eigenvalue weighted by molar-refractivity contribution is 5.88. The Morgan fingerprint density at radius 2 is 2.11 bits per heavy atom. The first kappa shape index (κ1) is 20.6. The molecule has 0 bridgehead atoms. The van der Waals surface area contributed by atoms with Gasteiger partial charge >= 0.3 is 0 Å². The van der Waals surface area contributed by atoms with Crippen LogP contribution in [0.15, 0.2) is 18.5 Å². The average molecular weight is 388 g/mol. The number of pyridine rings is 1. The summed E-state index contributed by atoms with van der Waals surface area (Å²) < 4.78 is 0. The molecule has 7 heteroatoms. The van der Waals surface area contributed by atoms with E-state index in [4.69, 9.17) is 0 Å². The summed E-state index contributed by atoms with van der Waals surface area (Å²) in [6, 6.07) is 1.58. The summed E-state index contributed by atoms with van der Waals surface area (Å²) >= 11 is 0. The number of piperazine rings is 1. The Bertz CT molecular complexity index is 660. The lowest BCUT2D eigenvalue weighted by atomic mass is 9.88. The van der Waals surface area contributed by atoms with Crippen LogP contribution in [0.2, 0.25) is 0 Å². The fraction of sp³-hybridized carbons (Fsp3) is 0.667. The van der Waals surface area contributed by atoms with E-state index < -0.39 is 0 Å². The first-order valence-electron chi connectivity index (χ1n) is 10.6. The summed E-state index contributed by atoms with van der Waals surface area (Å²) in [5.74, 6) is 0.588. The van der Waals surface area contributed by atoms with Crippen LogP contribution >= 0.6 is 0 Å². The van der Waals surface area contributed by atoms with Gasteiger partial charge in [0.05, 0.1) is 12.5 Å². The van der Waals surface area contributed by atoms with Gasteiger partial charge in [-0.05, 0) is 37.3 Å². The second-order valence-corrected chi connectivity index (χ2v) is 7.98. The standard InChI is InChI=1S/C21H33N5O2/c1-16-14-22-8-7-18(16)23-9-10-24-20(27)13-19-21(28)25-11-12-26(19)15-17-5-3-2-4-6-17/h7-8,14,17,19H,2-6,9-13,15H2,1H3,(H,22,23)(H,24,27)(H,25,28)/t19-/m1/s1. The molecule has 2 amide bonds. The fourth-order valence-electron chi connectivity index (χ4n) is 4.22. The lowest BCUT2D eigenvalue weighted by molar-refractivity contribution is -0.134. The van der Waals surface area contributed by atoms with Crippen molar-refractivity contribution in [2.24, 2.45) is 5.92 Å². The Morgan fingerprint density at radius 1 is 1.29 bits per heavy atom. The lowest BCUT2D eigenvalue weighted by Crippen LogP contribution is -2.57. The number of hydrogen-bond acceptors (Lipinski definition) is 5. The van der Waals surface area contributed by atoms with E-state index in [0.29, 0.717) is 25.6 Å². The zero-order chi connectivity index (χ0) is 19.8. The van der Waals surface area contributed by atoms with E-state index in [-0.39, 0.29) is 24.3 Å². The summed E-state index contributed by atoms with van der Waals surface area (Å²) in [6.07, 6.45) is 10.2. The van der Waals surface area contributed by atoms with Gasteiger partial charge in [-0.25, -0.2) is 0 Å². The maximum absolute atomic E-state index is 12.4. The first-order valence-corrected chi connectivity index (χ1v) is 10.6. The van der Waals surface area contributed by atoms with Gasteiger partial charge in [-0.2, -0.15) is 0 Å². The van der Waals surface area contributed by atoms with Crippen molar-refractivity contribution in [3.63, 3.8) is 0 Å². The Morgan fingerprint density at radius 3 is 2.89 bits per heavy atom. The van der Waals surface area contributed by atoms with Crippen LogP contribution in [0.3, 0.4) is 0 Å². The zero-order valence-corrected chi connectivity index (χ0v) is 16.9. The molecule has 2 heterocycles.